The zero-order valence-corrected chi connectivity index (χ0v) is 9.90. The topological polar surface area (TPSA) is 102 Å². The highest BCUT2D eigenvalue weighted by Gasteiger charge is 2.17. The summed E-state index contributed by atoms with van der Waals surface area (Å²) in [5.74, 6) is -0.381. The first-order valence-electron chi connectivity index (χ1n) is 5.73. The fourth-order valence-corrected chi connectivity index (χ4v) is 1.51. The number of aromatic amines is 2. The Kier molecular flexibility index (Phi) is 5.41. The average molecular weight is 242 g/mol. The number of rotatable bonds is 7. The van der Waals surface area contributed by atoms with E-state index in [0.717, 1.165) is 19.3 Å². The summed E-state index contributed by atoms with van der Waals surface area (Å²) in [6.07, 6.45) is 2.95. The van der Waals surface area contributed by atoms with E-state index in [4.69, 9.17) is 5.11 Å². The van der Waals surface area contributed by atoms with E-state index in [-0.39, 0.29) is 24.9 Å². The van der Waals surface area contributed by atoms with Crippen molar-refractivity contribution in [1.29, 1.82) is 0 Å². The molecule has 1 heterocycles. The smallest absolute Gasteiger partial charge is 0.341 e. The first-order chi connectivity index (χ1) is 8.19. The predicted molar refractivity (Wildman–Crippen MR) is 61.7 cm³/mol. The summed E-state index contributed by atoms with van der Waals surface area (Å²) in [4.78, 5) is 26.5. The quantitative estimate of drug-likeness (QED) is 0.572. The van der Waals surface area contributed by atoms with Crippen molar-refractivity contribution in [3.05, 3.63) is 16.3 Å². The Labute approximate surface area is 98.8 Å². The molecule has 0 bridgehead atoms. The molecule has 0 unspecified atom stereocenters. The van der Waals surface area contributed by atoms with Gasteiger partial charge in [0.25, 0.3) is 5.91 Å². The maximum absolute atomic E-state index is 11.9. The molecule has 0 aliphatic rings. The molecule has 0 spiro atoms. The molecule has 3 N–H and O–H groups in total. The van der Waals surface area contributed by atoms with Crippen molar-refractivity contribution in [3.63, 3.8) is 0 Å². The first kappa shape index (κ1) is 13.4. The van der Waals surface area contributed by atoms with Crippen LogP contribution in [0.25, 0.3) is 0 Å². The highest BCUT2D eigenvalue weighted by Crippen LogP contribution is 2.01. The minimum Gasteiger partial charge on any atom is -0.395 e. The molecule has 0 aliphatic carbocycles. The molecule has 1 amide bonds. The van der Waals surface area contributed by atoms with E-state index in [1.807, 2.05) is 0 Å². The second-order valence-electron chi connectivity index (χ2n) is 3.75. The number of hydrogen-bond acceptors (Lipinski definition) is 4. The van der Waals surface area contributed by atoms with E-state index in [9.17, 15) is 9.59 Å². The zero-order chi connectivity index (χ0) is 12.7. The Bertz CT molecular complexity index is 398. The van der Waals surface area contributed by atoms with Crippen LogP contribution >= 0.6 is 0 Å². The van der Waals surface area contributed by atoms with Crippen LogP contribution in [0, 0.1) is 0 Å². The molecule has 7 heteroatoms. The molecule has 0 aromatic carbocycles. The normalized spacial score (nSPS) is 10.5. The minimum absolute atomic E-state index is 0.0139. The molecule has 7 nitrogen and oxygen atoms in total. The second kappa shape index (κ2) is 6.85. The molecule has 1 aromatic rings. The monoisotopic (exact) mass is 242 g/mol. The van der Waals surface area contributed by atoms with Gasteiger partial charge in [-0.05, 0) is 6.42 Å². The number of aliphatic hydroxyl groups is 1. The Morgan fingerprint density at radius 3 is 2.71 bits per heavy atom. The number of carbonyl (C=O) groups excluding carboxylic acids is 1. The Hall–Kier alpha value is -1.63. The van der Waals surface area contributed by atoms with Crippen molar-refractivity contribution >= 4 is 5.91 Å². The van der Waals surface area contributed by atoms with Gasteiger partial charge in [-0.3, -0.25) is 9.78 Å². The van der Waals surface area contributed by atoms with Crippen molar-refractivity contribution in [3.8, 4) is 0 Å². The van der Waals surface area contributed by atoms with E-state index in [1.54, 1.807) is 0 Å². The Balaban J connectivity index is 2.62. The third-order valence-electron chi connectivity index (χ3n) is 2.39. The second-order valence-corrected chi connectivity index (χ2v) is 3.75. The lowest BCUT2D eigenvalue weighted by molar-refractivity contribution is 0.0706. The Morgan fingerprint density at radius 2 is 2.18 bits per heavy atom. The molecule has 0 aliphatic heterocycles. The lowest BCUT2D eigenvalue weighted by atomic mass is 10.2. The minimum atomic E-state index is -0.508. The van der Waals surface area contributed by atoms with Gasteiger partial charge in [-0.15, -0.1) is 5.10 Å². The molecule has 0 atom stereocenters. The average Bonchev–Trinajstić information content (AvgIpc) is 2.74. The summed E-state index contributed by atoms with van der Waals surface area (Å²) in [5.41, 5.74) is -0.508. The lowest BCUT2D eigenvalue weighted by Gasteiger charge is -2.20. The molecule has 17 heavy (non-hydrogen) atoms. The van der Waals surface area contributed by atoms with E-state index in [0.29, 0.717) is 6.54 Å². The number of H-pyrrole nitrogens is 2. The SMILES string of the molecule is CCCCCN(CCO)C(=O)c1n[nH]c(=O)[nH]1. The van der Waals surface area contributed by atoms with Gasteiger partial charge in [0.05, 0.1) is 6.61 Å². The van der Waals surface area contributed by atoms with Crippen LogP contribution < -0.4 is 5.69 Å². The zero-order valence-electron chi connectivity index (χ0n) is 9.90. The van der Waals surface area contributed by atoms with Crippen LogP contribution in [-0.2, 0) is 0 Å². The van der Waals surface area contributed by atoms with Crippen LogP contribution in [0.15, 0.2) is 4.79 Å². The molecular formula is C10H18N4O3. The molecule has 0 radical (unpaired) electrons. The summed E-state index contributed by atoms with van der Waals surface area (Å²) < 4.78 is 0. The number of carbonyl (C=O) groups is 1. The van der Waals surface area contributed by atoms with Crippen molar-refractivity contribution in [1.82, 2.24) is 20.1 Å². The highest BCUT2D eigenvalue weighted by molar-refractivity contribution is 5.90. The van der Waals surface area contributed by atoms with Crippen molar-refractivity contribution in [2.75, 3.05) is 19.7 Å². The fraction of sp³-hybridized carbons (Fsp3) is 0.700. The molecular weight excluding hydrogens is 224 g/mol. The van der Waals surface area contributed by atoms with Crippen molar-refractivity contribution in [2.24, 2.45) is 0 Å². The maximum Gasteiger partial charge on any atom is 0.341 e. The van der Waals surface area contributed by atoms with Crippen LogP contribution in [0.4, 0.5) is 0 Å². The number of nitrogens with zero attached hydrogens (tertiary/aromatic N) is 2. The van der Waals surface area contributed by atoms with Gasteiger partial charge < -0.3 is 10.0 Å². The van der Waals surface area contributed by atoms with Crippen LogP contribution in [0.2, 0.25) is 0 Å². The summed E-state index contributed by atoms with van der Waals surface area (Å²) in [7, 11) is 0. The van der Waals surface area contributed by atoms with E-state index in [2.05, 4.69) is 22.1 Å². The molecule has 1 aromatic heterocycles. The van der Waals surface area contributed by atoms with Gasteiger partial charge in [-0.1, -0.05) is 19.8 Å². The Morgan fingerprint density at radius 1 is 1.41 bits per heavy atom. The summed E-state index contributed by atoms with van der Waals surface area (Å²) >= 11 is 0. The molecule has 0 fully saturated rings. The third-order valence-corrected chi connectivity index (χ3v) is 2.39. The number of hydrogen-bond donors (Lipinski definition) is 3. The van der Waals surface area contributed by atoms with Gasteiger partial charge in [-0.25, -0.2) is 9.89 Å². The van der Waals surface area contributed by atoms with Gasteiger partial charge in [-0.2, -0.15) is 0 Å². The van der Waals surface area contributed by atoms with Crippen LogP contribution in [0.1, 0.15) is 36.8 Å². The number of unbranched alkanes of at least 4 members (excludes halogenated alkanes) is 2. The van der Waals surface area contributed by atoms with Gasteiger partial charge in [0.15, 0.2) is 0 Å². The van der Waals surface area contributed by atoms with Gasteiger partial charge in [0.1, 0.15) is 0 Å². The number of nitrogens with one attached hydrogen (secondary N) is 2. The molecule has 0 saturated carbocycles. The standard InChI is InChI=1S/C10H18N4O3/c1-2-3-4-5-14(6-7-15)9(16)8-11-10(17)13-12-8/h15H,2-7H2,1H3,(H2,11,12,13,17). The number of aliphatic hydroxyl groups excluding tert-OH is 1. The first-order valence-corrected chi connectivity index (χ1v) is 5.73. The van der Waals surface area contributed by atoms with Crippen LogP contribution in [0.5, 0.6) is 0 Å². The number of amides is 1. The number of aromatic nitrogens is 3. The van der Waals surface area contributed by atoms with Crippen LogP contribution in [0.3, 0.4) is 0 Å². The fourth-order valence-electron chi connectivity index (χ4n) is 1.51. The van der Waals surface area contributed by atoms with E-state index >= 15 is 0 Å². The maximum atomic E-state index is 11.9. The van der Waals surface area contributed by atoms with Gasteiger partial charge in [0.2, 0.25) is 5.82 Å². The van der Waals surface area contributed by atoms with Gasteiger partial charge in [0, 0.05) is 13.1 Å². The molecule has 1 rings (SSSR count). The molecule has 96 valence electrons. The summed E-state index contributed by atoms with van der Waals surface area (Å²) in [6.45, 7) is 2.77. The largest absolute Gasteiger partial charge is 0.395 e. The summed E-state index contributed by atoms with van der Waals surface area (Å²) in [6, 6.07) is 0. The van der Waals surface area contributed by atoms with E-state index < -0.39 is 5.69 Å². The summed E-state index contributed by atoms with van der Waals surface area (Å²) in [5, 5.41) is 14.6. The predicted octanol–water partition coefficient (Wildman–Crippen LogP) is -0.277. The van der Waals surface area contributed by atoms with E-state index in [1.165, 1.54) is 4.90 Å². The van der Waals surface area contributed by atoms with Gasteiger partial charge >= 0.3 is 5.69 Å². The molecule has 0 saturated heterocycles. The van der Waals surface area contributed by atoms with Crippen molar-refractivity contribution < 1.29 is 9.90 Å². The highest BCUT2D eigenvalue weighted by atomic mass is 16.3. The third kappa shape index (κ3) is 4.03. The van der Waals surface area contributed by atoms with Crippen molar-refractivity contribution in [2.45, 2.75) is 26.2 Å². The lowest BCUT2D eigenvalue weighted by Crippen LogP contribution is -2.35. The van der Waals surface area contributed by atoms with Crippen LogP contribution in [-0.4, -0.2) is 50.8 Å².